The van der Waals surface area contributed by atoms with Crippen molar-refractivity contribution in [3.63, 3.8) is 0 Å². The van der Waals surface area contributed by atoms with Gasteiger partial charge in [-0.2, -0.15) is 13.2 Å². The maximum absolute atomic E-state index is 13.1. The van der Waals surface area contributed by atoms with E-state index in [1.165, 1.54) is 25.3 Å². The Kier molecular flexibility index (Phi) is 4.39. The molecule has 2 nitrogen and oxygen atoms in total. The molecule has 1 aliphatic rings. The predicted octanol–water partition coefficient (Wildman–Crippen LogP) is 4.09. The van der Waals surface area contributed by atoms with Gasteiger partial charge in [-0.25, -0.2) is 0 Å². The number of halogens is 3. The lowest BCUT2D eigenvalue weighted by atomic mass is 9.77. The van der Waals surface area contributed by atoms with E-state index in [0.29, 0.717) is 12.8 Å². The summed E-state index contributed by atoms with van der Waals surface area (Å²) in [5, 5.41) is 10.5. The second-order valence-corrected chi connectivity index (χ2v) is 5.32. The van der Waals surface area contributed by atoms with E-state index in [2.05, 4.69) is 0 Å². The normalized spacial score (nSPS) is 20.6. The number of ether oxygens (including phenoxy) is 1. The molecule has 0 radical (unpaired) electrons. The highest BCUT2D eigenvalue weighted by atomic mass is 19.4. The quantitative estimate of drug-likeness (QED) is 0.907. The standard InChI is InChI=1S/C15H19F3O2/c1-20-14(9-5-2-6-10-14)13(19)11-7-3-4-8-12(11)15(16,17)18/h3-4,7-8,13,19H,2,5-6,9-10H2,1H3. The molecule has 2 rings (SSSR count). The Balaban J connectivity index is 2.40. The minimum absolute atomic E-state index is 0.0937. The second kappa shape index (κ2) is 5.74. The number of methoxy groups -OCH3 is 1. The number of alkyl halides is 3. The predicted molar refractivity (Wildman–Crippen MR) is 69.2 cm³/mol. The summed E-state index contributed by atoms with van der Waals surface area (Å²) < 4.78 is 44.6. The molecular weight excluding hydrogens is 269 g/mol. The van der Waals surface area contributed by atoms with Gasteiger partial charge >= 0.3 is 6.18 Å². The fraction of sp³-hybridized carbons (Fsp3) is 0.600. The molecule has 1 aromatic carbocycles. The van der Waals surface area contributed by atoms with Crippen LogP contribution in [0.25, 0.3) is 0 Å². The minimum atomic E-state index is -4.47. The van der Waals surface area contributed by atoms with Gasteiger partial charge in [-0.3, -0.25) is 0 Å². The molecule has 0 heterocycles. The van der Waals surface area contributed by atoms with Gasteiger partial charge in [-0.15, -0.1) is 0 Å². The Bertz CT molecular complexity index is 451. The number of benzene rings is 1. The molecule has 1 atom stereocenters. The van der Waals surface area contributed by atoms with Crippen LogP contribution in [0.15, 0.2) is 24.3 Å². The Morgan fingerprint density at radius 1 is 1.15 bits per heavy atom. The lowest BCUT2D eigenvalue weighted by Crippen LogP contribution is -2.41. The van der Waals surface area contributed by atoms with Gasteiger partial charge in [-0.05, 0) is 24.5 Å². The molecule has 20 heavy (non-hydrogen) atoms. The van der Waals surface area contributed by atoms with Gasteiger partial charge in [0.1, 0.15) is 6.10 Å². The third-order valence-corrected chi connectivity index (χ3v) is 4.17. The van der Waals surface area contributed by atoms with Crippen molar-refractivity contribution in [3.8, 4) is 0 Å². The van der Waals surface area contributed by atoms with Crippen molar-refractivity contribution in [1.29, 1.82) is 0 Å². The molecule has 1 N–H and O–H groups in total. The summed E-state index contributed by atoms with van der Waals surface area (Å²) in [7, 11) is 1.46. The third kappa shape index (κ3) is 2.83. The van der Waals surface area contributed by atoms with Crippen molar-refractivity contribution in [2.45, 2.75) is 50.0 Å². The van der Waals surface area contributed by atoms with Crippen LogP contribution in [0.4, 0.5) is 13.2 Å². The van der Waals surface area contributed by atoms with Crippen molar-refractivity contribution in [2.24, 2.45) is 0 Å². The lowest BCUT2D eigenvalue weighted by molar-refractivity contribution is -0.147. The molecular formula is C15H19F3O2. The van der Waals surface area contributed by atoms with Crippen molar-refractivity contribution >= 4 is 0 Å². The molecule has 5 heteroatoms. The first-order chi connectivity index (χ1) is 9.41. The maximum atomic E-state index is 13.1. The Morgan fingerprint density at radius 2 is 1.75 bits per heavy atom. The zero-order chi connectivity index (χ0) is 14.8. The topological polar surface area (TPSA) is 29.5 Å². The fourth-order valence-corrected chi connectivity index (χ4v) is 3.02. The number of aliphatic hydroxyl groups excluding tert-OH is 1. The van der Waals surface area contributed by atoms with Gasteiger partial charge < -0.3 is 9.84 Å². The van der Waals surface area contributed by atoms with E-state index < -0.39 is 23.4 Å². The van der Waals surface area contributed by atoms with Crippen molar-refractivity contribution in [3.05, 3.63) is 35.4 Å². The molecule has 0 saturated heterocycles. The van der Waals surface area contributed by atoms with Crippen LogP contribution in [0, 0.1) is 0 Å². The smallest absolute Gasteiger partial charge is 0.385 e. The van der Waals surface area contributed by atoms with Crippen LogP contribution in [0.2, 0.25) is 0 Å². The van der Waals surface area contributed by atoms with Gasteiger partial charge in [0.15, 0.2) is 0 Å². The zero-order valence-corrected chi connectivity index (χ0v) is 11.4. The second-order valence-electron chi connectivity index (χ2n) is 5.32. The van der Waals surface area contributed by atoms with Gasteiger partial charge in [-0.1, -0.05) is 37.5 Å². The summed E-state index contributed by atoms with van der Waals surface area (Å²) in [6.45, 7) is 0. The van der Waals surface area contributed by atoms with E-state index in [4.69, 9.17) is 4.74 Å². The summed E-state index contributed by atoms with van der Waals surface area (Å²) in [4.78, 5) is 0. The van der Waals surface area contributed by atoms with E-state index in [1.54, 1.807) is 0 Å². The van der Waals surface area contributed by atoms with Crippen molar-refractivity contribution < 1.29 is 23.0 Å². The molecule has 0 aromatic heterocycles. The number of aliphatic hydroxyl groups is 1. The first-order valence-electron chi connectivity index (χ1n) is 6.80. The van der Waals surface area contributed by atoms with E-state index in [-0.39, 0.29) is 5.56 Å². The summed E-state index contributed by atoms with van der Waals surface area (Å²) >= 11 is 0. The summed E-state index contributed by atoms with van der Waals surface area (Å²) in [5.41, 5.74) is -1.78. The van der Waals surface area contributed by atoms with Crippen LogP contribution in [-0.2, 0) is 10.9 Å². The SMILES string of the molecule is COC1(C(O)c2ccccc2C(F)(F)F)CCCCC1. The van der Waals surface area contributed by atoms with Crippen molar-refractivity contribution in [2.75, 3.05) is 7.11 Å². The molecule has 0 bridgehead atoms. The molecule has 1 aromatic rings. The Hall–Kier alpha value is -1.07. The third-order valence-electron chi connectivity index (χ3n) is 4.17. The lowest BCUT2D eigenvalue weighted by Gasteiger charge is -2.40. The van der Waals surface area contributed by atoms with Gasteiger partial charge in [0, 0.05) is 7.11 Å². The fourth-order valence-electron chi connectivity index (χ4n) is 3.02. The largest absolute Gasteiger partial charge is 0.416 e. The summed E-state index contributed by atoms with van der Waals surface area (Å²) in [6.07, 6.45) is -1.82. The molecule has 0 spiro atoms. The summed E-state index contributed by atoms with van der Waals surface area (Å²) in [6, 6.07) is 5.19. The summed E-state index contributed by atoms with van der Waals surface area (Å²) in [5.74, 6) is 0. The molecule has 1 fully saturated rings. The van der Waals surface area contributed by atoms with Crippen molar-refractivity contribution in [1.82, 2.24) is 0 Å². The van der Waals surface area contributed by atoms with Gasteiger partial charge in [0.2, 0.25) is 0 Å². The van der Waals surface area contributed by atoms with E-state index in [9.17, 15) is 18.3 Å². The van der Waals surface area contributed by atoms with Crippen LogP contribution in [-0.4, -0.2) is 17.8 Å². The average molecular weight is 288 g/mol. The molecule has 1 saturated carbocycles. The monoisotopic (exact) mass is 288 g/mol. The molecule has 112 valence electrons. The number of rotatable bonds is 3. The van der Waals surface area contributed by atoms with Gasteiger partial charge in [0.25, 0.3) is 0 Å². The minimum Gasteiger partial charge on any atom is -0.385 e. The molecule has 1 unspecified atom stereocenters. The molecule has 1 aliphatic carbocycles. The first kappa shape index (κ1) is 15.3. The van der Waals surface area contributed by atoms with Crippen LogP contribution in [0.1, 0.15) is 49.3 Å². The van der Waals surface area contributed by atoms with Crippen LogP contribution >= 0.6 is 0 Å². The van der Waals surface area contributed by atoms with Crippen LogP contribution in [0.3, 0.4) is 0 Å². The molecule has 0 amide bonds. The highest BCUT2D eigenvalue weighted by molar-refractivity contribution is 5.33. The maximum Gasteiger partial charge on any atom is 0.416 e. The van der Waals surface area contributed by atoms with E-state index in [1.807, 2.05) is 0 Å². The van der Waals surface area contributed by atoms with Crippen LogP contribution in [0.5, 0.6) is 0 Å². The number of hydrogen-bond acceptors (Lipinski definition) is 2. The van der Waals surface area contributed by atoms with E-state index in [0.717, 1.165) is 25.3 Å². The Morgan fingerprint density at radius 3 is 2.30 bits per heavy atom. The van der Waals surface area contributed by atoms with E-state index >= 15 is 0 Å². The van der Waals surface area contributed by atoms with Gasteiger partial charge in [0.05, 0.1) is 11.2 Å². The Labute approximate surface area is 116 Å². The first-order valence-corrected chi connectivity index (χ1v) is 6.80. The average Bonchev–Trinajstić information content (AvgIpc) is 2.46. The zero-order valence-electron chi connectivity index (χ0n) is 11.4. The van der Waals surface area contributed by atoms with Crippen LogP contribution < -0.4 is 0 Å². The number of hydrogen-bond donors (Lipinski definition) is 1. The highest BCUT2D eigenvalue weighted by Gasteiger charge is 2.44. The highest BCUT2D eigenvalue weighted by Crippen LogP contribution is 2.44. The molecule has 0 aliphatic heterocycles.